The number of methoxy groups -OCH3 is 1. The number of aromatic carboxylic acids is 1. The molecule has 21 heavy (non-hydrogen) atoms. The fourth-order valence-electron chi connectivity index (χ4n) is 1.46. The SMILES string of the molecule is COC(=O)CCCS(=O)(=O)Nc1ccc(C(=O)O)cc1Br. The Morgan fingerprint density at radius 1 is 1.38 bits per heavy atom. The van der Waals surface area contributed by atoms with E-state index in [1.807, 2.05) is 0 Å². The predicted octanol–water partition coefficient (Wildman–Crippen LogP) is 1.84. The Kier molecular flexibility index (Phi) is 6.16. The predicted molar refractivity (Wildman–Crippen MR) is 79.8 cm³/mol. The lowest BCUT2D eigenvalue weighted by Gasteiger charge is -2.10. The number of anilines is 1. The van der Waals surface area contributed by atoms with Crippen LogP contribution in [-0.2, 0) is 19.6 Å². The molecular formula is C12H14BrNO6S. The van der Waals surface area contributed by atoms with Crippen LogP contribution >= 0.6 is 15.9 Å². The average Bonchev–Trinajstić information content (AvgIpc) is 2.40. The van der Waals surface area contributed by atoms with Crippen molar-refractivity contribution in [3.8, 4) is 0 Å². The maximum atomic E-state index is 11.8. The van der Waals surface area contributed by atoms with E-state index in [-0.39, 0.29) is 29.8 Å². The van der Waals surface area contributed by atoms with E-state index in [1.165, 1.54) is 25.3 Å². The minimum atomic E-state index is -3.63. The Morgan fingerprint density at radius 2 is 2.05 bits per heavy atom. The van der Waals surface area contributed by atoms with Crippen LogP contribution in [0.5, 0.6) is 0 Å². The molecule has 0 saturated carbocycles. The lowest BCUT2D eigenvalue weighted by molar-refractivity contribution is -0.140. The van der Waals surface area contributed by atoms with Gasteiger partial charge in [0.05, 0.1) is 24.1 Å². The summed E-state index contributed by atoms with van der Waals surface area (Å²) in [4.78, 5) is 21.7. The number of carboxylic acid groups (broad SMARTS) is 1. The minimum Gasteiger partial charge on any atom is -0.478 e. The van der Waals surface area contributed by atoms with Gasteiger partial charge in [-0.3, -0.25) is 9.52 Å². The van der Waals surface area contributed by atoms with E-state index in [0.29, 0.717) is 4.47 Å². The number of nitrogens with one attached hydrogen (secondary N) is 1. The normalized spacial score (nSPS) is 11.0. The van der Waals surface area contributed by atoms with Gasteiger partial charge in [0.1, 0.15) is 0 Å². The molecule has 2 N–H and O–H groups in total. The van der Waals surface area contributed by atoms with E-state index < -0.39 is 22.0 Å². The number of benzene rings is 1. The van der Waals surface area contributed by atoms with Crippen molar-refractivity contribution in [3.05, 3.63) is 28.2 Å². The number of carbonyl (C=O) groups excluding carboxylic acids is 1. The van der Waals surface area contributed by atoms with E-state index in [2.05, 4.69) is 25.4 Å². The summed E-state index contributed by atoms with van der Waals surface area (Å²) in [6.07, 6.45) is 0.142. The Bertz CT molecular complexity index is 643. The van der Waals surface area contributed by atoms with Gasteiger partial charge in [0.15, 0.2) is 0 Å². The number of ether oxygens (including phenoxy) is 1. The van der Waals surface area contributed by atoms with E-state index in [0.717, 1.165) is 0 Å². The second-order valence-electron chi connectivity index (χ2n) is 4.10. The standard InChI is InChI=1S/C12H14BrNO6S/c1-20-11(15)3-2-6-21(18,19)14-10-5-4-8(12(16)17)7-9(10)13/h4-5,7,14H,2-3,6H2,1H3,(H,16,17). The highest BCUT2D eigenvalue weighted by atomic mass is 79.9. The first-order valence-corrected chi connectivity index (χ1v) is 8.30. The van der Waals surface area contributed by atoms with Gasteiger partial charge in [-0.15, -0.1) is 0 Å². The van der Waals surface area contributed by atoms with Crippen LogP contribution in [-0.4, -0.2) is 38.3 Å². The average molecular weight is 380 g/mol. The van der Waals surface area contributed by atoms with Crippen molar-refractivity contribution >= 4 is 43.6 Å². The zero-order valence-electron chi connectivity index (χ0n) is 11.1. The Hall–Kier alpha value is -1.61. The van der Waals surface area contributed by atoms with Gasteiger partial charge < -0.3 is 9.84 Å². The Labute approximate surface area is 130 Å². The number of carbonyl (C=O) groups is 2. The van der Waals surface area contributed by atoms with Gasteiger partial charge in [0.25, 0.3) is 0 Å². The molecule has 0 amide bonds. The van der Waals surface area contributed by atoms with Crippen LogP contribution in [0.15, 0.2) is 22.7 Å². The molecular weight excluding hydrogens is 366 g/mol. The number of rotatable bonds is 7. The summed E-state index contributed by atoms with van der Waals surface area (Å²) in [5.74, 6) is -1.82. The maximum Gasteiger partial charge on any atom is 0.335 e. The van der Waals surface area contributed by atoms with Gasteiger partial charge in [-0.05, 0) is 40.5 Å². The van der Waals surface area contributed by atoms with E-state index in [1.54, 1.807) is 0 Å². The molecule has 116 valence electrons. The van der Waals surface area contributed by atoms with Gasteiger partial charge >= 0.3 is 11.9 Å². The van der Waals surface area contributed by atoms with Crippen molar-refractivity contribution in [2.45, 2.75) is 12.8 Å². The number of sulfonamides is 1. The molecule has 0 atom stereocenters. The van der Waals surface area contributed by atoms with Crippen LogP contribution in [0, 0.1) is 0 Å². The molecule has 1 aromatic carbocycles. The van der Waals surface area contributed by atoms with Crippen molar-refractivity contribution in [2.75, 3.05) is 17.6 Å². The van der Waals surface area contributed by atoms with Gasteiger partial charge in [-0.2, -0.15) is 0 Å². The molecule has 0 unspecified atom stereocenters. The first-order chi connectivity index (χ1) is 9.75. The van der Waals surface area contributed by atoms with Crippen LogP contribution in [0.25, 0.3) is 0 Å². The molecule has 0 bridgehead atoms. The third-order valence-electron chi connectivity index (χ3n) is 2.50. The molecule has 1 rings (SSSR count). The van der Waals surface area contributed by atoms with Gasteiger partial charge in [0.2, 0.25) is 10.0 Å². The summed E-state index contributed by atoms with van der Waals surface area (Å²) >= 11 is 3.11. The molecule has 0 spiro atoms. The largest absolute Gasteiger partial charge is 0.478 e. The Morgan fingerprint density at radius 3 is 2.57 bits per heavy atom. The van der Waals surface area contributed by atoms with Gasteiger partial charge in [0, 0.05) is 10.9 Å². The van der Waals surface area contributed by atoms with Crippen molar-refractivity contribution in [2.24, 2.45) is 0 Å². The summed E-state index contributed by atoms with van der Waals surface area (Å²) in [5.41, 5.74) is 0.272. The quantitative estimate of drug-likeness (QED) is 0.699. The monoisotopic (exact) mass is 379 g/mol. The lowest BCUT2D eigenvalue weighted by atomic mass is 10.2. The zero-order chi connectivity index (χ0) is 16.0. The molecule has 0 radical (unpaired) electrons. The number of hydrogen-bond donors (Lipinski definition) is 2. The second kappa shape index (κ2) is 7.41. The zero-order valence-corrected chi connectivity index (χ0v) is 13.5. The third kappa shape index (κ3) is 5.72. The number of esters is 1. The van der Waals surface area contributed by atoms with Crippen LogP contribution in [0.4, 0.5) is 5.69 Å². The molecule has 7 nitrogen and oxygen atoms in total. The van der Waals surface area contributed by atoms with Crippen LogP contribution in [0.3, 0.4) is 0 Å². The minimum absolute atomic E-state index is 0.0104. The summed E-state index contributed by atoms with van der Waals surface area (Å²) in [6, 6.07) is 3.94. The fourth-order valence-corrected chi connectivity index (χ4v) is 3.21. The lowest BCUT2D eigenvalue weighted by Crippen LogP contribution is -2.18. The molecule has 0 aliphatic heterocycles. The van der Waals surface area contributed by atoms with E-state index in [9.17, 15) is 18.0 Å². The van der Waals surface area contributed by atoms with Gasteiger partial charge in [-0.1, -0.05) is 0 Å². The summed E-state index contributed by atoms with van der Waals surface area (Å²) in [7, 11) is -2.40. The third-order valence-corrected chi connectivity index (χ3v) is 4.52. The second-order valence-corrected chi connectivity index (χ2v) is 6.80. The highest BCUT2D eigenvalue weighted by molar-refractivity contribution is 9.10. The summed E-state index contributed by atoms with van der Waals surface area (Å²) < 4.78 is 30.7. The highest BCUT2D eigenvalue weighted by Gasteiger charge is 2.14. The van der Waals surface area contributed by atoms with Gasteiger partial charge in [-0.25, -0.2) is 13.2 Å². The number of hydrogen-bond acceptors (Lipinski definition) is 5. The topological polar surface area (TPSA) is 110 Å². The van der Waals surface area contributed by atoms with Crippen molar-refractivity contribution in [1.29, 1.82) is 0 Å². The van der Waals surface area contributed by atoms with Crippen LogP contribution < -0.4 is 4.72 Å². The molecule has 0 aromatic heterocycles. The first kappa shape index (κ1) is 17.4. The number of carboxylic acids is 1. The summed E-state index contributed by atoms with van der Waals surface area (Å²) in [6.45, 7) is 0. The van der Waals surface area contributed by atoms with E-state index in [4.69, 9.17) is 5.11 Å². The smallest absolute Gasteiger partial charge is 0.335 e. The molecule has 0 aliphatic rings. The van der Waals surface area contributed by atoms with Crippen LogP contribution in [0.2, 0.25) is 0 Å². The van der Waals surface area contributed by atoms with E-state index >= 15 is 0 Å². The first-order valence-electron chi connectivity index (χ1n) is 5.85. The maximum absolute atomic E-state index is 11.8. The molecule has 0 aliphatic carbocycles. The molecule has 0 saturated heterocycles. The number of halogens is 1. The highest BCUT2D eigenvalue weighted by Crippen LogP contribution is 2.25. The Balaban J connectivity index is 2.71. The van der Waals surface area contributed by atoms with Crippen molar-refractivity contribution in [1.82, 2.24) is 0 Å². The summed E-state index contributed by atoms with van der Waals surface area (Å²) in [5, 5.41) is 8.82. The van der Waals surface area contributed by atoms with Crippen LogP contribution in [0.1, 0.15) is 23.2 Å². The molecule has 0 heterocycles. The molecule has 1 aromatic rings. The fraction of sp³-hybridized carbons (Fsp3) is 0.333. The molecule has 9 heteroatoms. The van der Waals surface area contributed by atoms with Crippen molar-refractivity contribution in [3.63, 3.8) is 0 Å². The van der Waals surface area contributed by atoms with Crippen molar-refractivity contribution < 1.29 is 27.9 Å². The molecule has 0 fully saturated rings.